The van der Waals surface area contributed by atoms with Crippen molar-refractivity contribution < 1.29 is 13.9 Å². The van der Waals surface area contributed by atoms with E-state index in [1.807, 2.05) is 25.4 Å². The Balaban J connectivity index is 1.20. The molecular formula is C28H33FN8O2. The molecule has 0 unspecified atom stereocenters. The summed E-state index contributed by atoms with van der Waals surface area (Å²) in [6, 6.07) is 5.13. The van der Waals surface area contributed by atoms with Gasteiger partial charge in [0.25, 0.3) is 5.91 Å². The van der Waals surface area contributed by atoms with Crippen molar-refractivity contribution >= 4 is 28.6 Å². The number of aryl methyl sites for hydroxylation is 1. The second-order valence-electron chi connectivity index (χ2n) is 11.3. The highest BCUT2D eigenvalue weighted by Crippen LogP contribution is 2.38. The van der Waals surface area contributed by atoms with Crippen LogP contribution < -0.4 is 30.9 Å². The van der Waals surface area contributed by atoms with Gasteiger partial charge in [-0.05, 0) is 56.3 Å². The molecule has 1 amide bonds. The zero-order valence-corrected chi connectivity index (χ0v) is 22.4. The average molecular weight is 533 g/mol. The molecule has 2 saturated heterocycles. The number of likely N-dealkylation sites (tertiary alicyclic amines) is 1. The van der Waals surface area contributed by atoms with E-state index < -0.39 is 5.82 Å². The van der Waals surface area contributed by atoms with Crippen LogP contribution >= 0.6 is 0 Å². The third kappa shape index (κ3) is 4.25. The van der Waals surface area contributed by atoms with Gasteiger partial charge in [-0.3, -0.25) is 19.6 Å². The van der Waals surface area contributed by atoms with E-state index in [-0.39, 0.29) is 17.5 Å². The van der Waals surface area contributed by atoms with Gasteiger partial charge in [0.1, 0.15) is 17.2 Å². The summed E-state index contributed by atoms with van der Waals surface area (Å²) in [6.07, 6.45) is 7.71. The number of amides is 1. The first-order valence-corrected chi connectivity index (χ1v) is 13.5. The SMILES string of the molecule is COc1cc2ncc(C3=CN(c4cc(C(=O)NC5CC5)c(F)cc4C)NN3)n2cc1N1C[C@H]2CN(C)C[C@H]2C1. The molecule has 3 aromatic rings. The molecule has 3 fully saturated rings. The van der Waals surface area contributed by atoms with Crippen LogP contribution in [0.15, 0.2) is 36.8 Å². The number of halogens is 1. The Morgan fingerprint density at radius 3 is 2.62 bits per heavy atom. The molecular weight excluding hydrogens is 499 g/mol. The summed E-state index contributed by atoms with van der Waals surface area (Å²) in [4.78, 5) is 22.1. The van der Waals surface area contributed by atoms with Gasteiger partial charge in [-0.1, -0.05) is 0 Å². The van der Waals surface area contributed by atoms with E-state index >= 15 is 0 Å². The van der Waals surface area contributed by atoms with Crippen molar-refractivity contribution in [2.45, 2.75) is 25.8 Å². The van der Waals surface area contributed by atoms with Crippen molar-refractivity contribution in [2.75, 3.05) is 50.2 Å². The molecule has 39 heavy (non-hydrogen) atoms. The van der Waals surface area contributed by atoms with E-state index in [0.29, 0.717) is 23.1 Å². The number of hydrogen-bond donors (Lipinski definition) is 3. The number of aromatic nitrogens is 2. The Kier molecular flexibility index (Phi) is 5.67. The van der Waals surface area contributed by atoms with Crippen LogP contribution in [-0.4, -0.2) is 66.6 Å². The van der Waals surface area contributed by atoms with Crippen molar-refractivity contribution in [3.8, 4) is 5.75 Å². The van der Waals surface area contributed by atoms with E-state index in [1.54, 1.807) is 18.2 Å². The number of carbonyl (C=O) groups excluding carboxylic acids is 1. The van der Waals surface area contributed by atoms with Gasteiger partial charge >= 0.3 is 0 Å². The molecule has 4 aliphatic rings. The lowest BCUT2D eigenvalue weighted by atomic mass is 10.0. The molecule has 204 valence electrons. The van der Waals surface area contributed by atoms with Crippen LogP contribution in [-0.2, 0) is 0 Å². The van der Waals surface area contributed by atoms with Gasteiger partial charge in [0, 0.05) is 44.5 Å². The number of hydrazine groups is 2. The maximum absolute atomic E-state index is 14.7. The van der Waals surface area contributed by atoms with Crippen LogP contribution in [0, 0.1) is 24.6 Å². The van der Waals surface area contributed by atoms with Crippen LogP contribution in [0.4, 0.5) is 15.8 Å². The molecule has 2 atom stereocenters. The summed E-state index contributed by atoms with van der Waals surface area (Å²) in [5, 5.41) is 4.64. The van der Waals surface area contributed by atoms with Crippen LogP contribution in [0.5, 0.6) is 5.75 Å². The number of benzene rings is 1. The summed E-state index contributed by atoms with van der Waals surface area (Å²) in [7, 11) is 3.90. The molecule has 0 spiro atoms. The highest BCUT2D eigenvalue weighted by Gasteiger charge is 2.39. The average Bonchev–Trinajstić information content (AvgIpc) is 3.24. The van der Waals surface area contributed by atoms with Gasteiger partial charge in [0.2, 0.25) is 0 Å². The first-order valence-electron chi connectivity index (χ1n) is 13.5. The fourth-order valence-electron chi connectivity index (χ4n) is 6.18. The summed E-state index contributed by atoms with van der Waals surface area (Å²) in [6.45, 7) is 6.11. The summed E-state index contributed by atoms with van der Waals surface area (Å²) in [5.74, 6) is 1.26. The fraction of sp³-hybridized carbons (Fsp3) is 0.429. The predicted octanol–water partition coefficient (Wildman–Crippen LogP) is 2.51. The molecule has 3 aliphatic heterocycles. The number of hydrogen-bond acceptors (Lipinski definition) is 8. The molecule has 1 aromatic carbocycles. The Labute approximate surface area is 226 Å². The number of pyridine rings is 1. The van der Waals surface area contributed by atoms with E-state index in [0.717, 1.165) is 67.5 Å². The van der Waals surface area contributed by atoms with Crippen LogP contribution in [0.2, 0.25) is 0 Å². The summed E-state index contributed by atoms with van der Waals surface area (Å²) >= 11 is 0. The molecule has 11 heteroatoms. The van der Waals surface area contributed by atoms with Crippen molar-refractivity contribution in [3.05, 3.63) is 59.4 Å². The quantitative estimate of drug-likeness (QED) is 0.447. The Bertz CT molecular complexity index is 1480. The van der Waals surface area contributed by atoms with Crippen molar-refractivity contribution in [2.24, 2.45) is 11.8 Å². The minimum Gasteiger partial charge on any atom is -0.494 e. The molecule has 1 saturated carbocycles. The molecule has 5 heterocycles. The molecule has 0 radical (unpaired) electrons. The summed E-state index contributed by atoms with van der Waals surface area (Å²) < 4.78 is 22.5. The number of methoxy groups -OCH3 is 1. The zero-order valence-electron chi connectivity index (χ0n) is 22.4. The monoisotopic (exact) mass is 532 g/mol. The molecule has 7 rings (SSSR count). The second-order valence-corrected chi connectivity index (χ2v) is 11.3. The lowest BCUT2D eigenvalue weighted by Crippen LogP contribution is -2.37. The number of carbonyl (C=O) groups is 1. The van der Waals surface area contributed by atoms with Gasteiger partial charge in [-0.2, -0.15) is 0 Å². The van der Waals surface area contributed by atoms with Gasteiger partial charge in [0.05, 0.1) is 47.8 Å². The van der Waals surface area contributed by atoms with Gasteiger partial charge in [-0.25, -0.2) is 9.37 Å². The normalized spacial score (nSPS) is 22.8. The topological polar surface area (TPSA) is 89.4 Å². The Hall–Kier alpha value is -3.83. The molecule has 10 nitrogen and oxygen atoms in total. The number of fused-ring (bicyclic) bond motifs is 2. The predicted molar refractivity (Wildman–Crippen MR) is 147 cm³/mol. The third-order valence-corrected chi connectivity index (χ3v) is 8.37. The number of nitrogens with zero attached hydrogens (tertiary/aromatic N) is 5. The van der Waals surface area contributed by atoms with E-state index in [9.17, 15) is 9.18 Å². The highest BCUT2D eigenvalue weighted by molar-refractivity contribution is 5.96. The highest BCUT2D eigenvalue weighted by atomic mass is 19.1. The van der Waals surface area contributed by atoms with Crippen molar-refractivity contribution in [1.29, 1.82) is 0 Å². The maximum Gasteiger partial charge on any atom is 0.254 e. The third-order valence-electron chi connectivity index (χ3n) is 8.37. The first kappa shape index (κ1) is 24.2. The van der Waals surface area contributed by atoms with E-state index in [4.69, 9.17) is 4.74 Å². The molecule has 0 bridgehead atoms. The second kappa shape index (κ2) is 9.13. The number of rotatable bonds is 6. The minimum absolute atomic E-state index is 0.0410. The number of anilines is 2. The van der Waals surface area contributed by atoms with E-state index in [2.05, 4.69) is 48.7 Å². The van der Waals surface area contributed by atoms with E-state index in [1.165, 1.54) is 6.07 Å². The summed E-state index contributed by atoms with van der Waals surface area (Å²) in [5.41, 5.74) is 11.3. The minimum atomic E-state index is -0.522. The fourth-order valence-corrected chi connectivity index (χ4v) is 6.18. The van der Waals surface area contributed by atoms with Gasteiger partial charge in [0.15, 0.2) is 0 Å². The molecule has 2 aromatic heterocycles. The smallest absolute Gasteiger partial charge is 0.254 e. The van der Waals surface area contributed by atoms with Crippen molar-refractivity contribution in [3.63, 3.8) is 0 Å². The maximum atomic E-state index is 14.7. The van der Waals surface area contributed by atoms with Crippen molar-refractivity contribution in [1.82, 2.24) is 30.6 Å². The van der Waals surface area contributed by atoms with Crippen LogP contribution in [0.25, 0.3) is 11.3 Å². The van der Waals surface area contributed by atoms with Gasteiger partial charge < -0.3 is 19.9 Å². The largest absolute Gasteiger partial charge is 0.494 e. The lowest BCUT2D eigenvalue weighted by molar-refractivity contribution is 0.0947. The molecule has 1 aliphatic carbocycles. The van der Waals surface area contributed by atoms with Crippen LogP contribution in [0.1, 0.15) is 34.5 Å². The van der Waals surface area contributed by atoms with Gasteiger partial charge in [-0.15, -0.1) is 5.53 Å². The first-order chi connectivity index (χ1) is 18.9. The standard InChI is InChI=1S/C28H33FN8O2/c1-16-6-21(29)20(28(38)31-19-4-5-19)7-23(16)37-14-22(32-33-37)24-9-30-27-8-26(39-3)25(15-36(24)27)35-12-17-10-34(2)11-18(17)13-35/h6-9,14-15,17-19,32-33H,4-5,10-13H2,1-3H3,(H,31,38)/t17-,18+. The Morgan fingerprint density at radius 1 is 1.13 bits per heavy atom. The van der Waals surface area contributed by atoms with Crippen LogP contribution in [0.3, 0.4) is 0 Å². The number of imidazole rings is 1. The number of nitrogens with one attached hydrogen (secondary N) is 3. The Morgan fingerprint density at radius 2 is 1.90 bits per heavy atom. The lowest BCUT2D eigenvalue weighted by Gasteiger charge is -2.23. The molecule has 3 N–H and O–H groups in total. The number of ether oxygens (including phenoxy) is 1. The zero-order chi connectivity index (χ0) is 26.8.